The first-order chi connectivity index (χ1) is 15.5. The van der Waals surface area contributed by atoms with Gasteiger partial charge in [0.25, 0.3) is 5.91 Å². The van der Waals surface area contributed by atoms with Crippen molar-refractivity contribution < 1.29 is 9.59 Å². The predicted molar refractivity (Wildman–Crippen MR) is 119 cm³/mol. The highest BCUT2D eigenvalue weighted by Gasteiger charge is 2.33. The van der Waals surface area contributed by atoms with Crippen LogP contribution in [0.25, 0.3) is 11.1 Å². The summed E-state index contributed by atoms with van der Waals surface area (Å²) in [5, 5.41) is 5.98. The number of rotatable bonds is 6. The lowest BCUT2D eigenvalue weighted by molar-refractivity contribution is -0.134. The molecule has 3 heterocycles. The third-order valence-electron chi connectivity index (χ3n) is 5.66. The normalized spacial score (nSPS) is 16.8. The Balaban J connectivity index is 1.54. The van der Waals surface area contributed by atoms with E-state index >= 15 is 0 Å². The molecule has 0 radical (unpaired) electrons. The van der Waals surface area contributed by atoms with Crippen molar-refractivity contribution in [2.24, 2.45) is 5.92 Å². The Morgan fingerprint density at radius 3 is 2.59 bits per heavy atom. The number of carbonyl (C=O) groups is 2. The van der Waals surface area contributed by atoms with Gasteiger partial charge in [0.05, 0.1) is 5.92 Å². The lowest BCUT2D eigenvalue weighted by Gasteiger charge is -2.23. The van der Waals surface area contributed by atoms with Gasteiger partial charge in [-0.2, -0.15) is 0 Å². The number of H-pyrrole nitrogens is 2. The van der Waals surface area contributed by atoms with E-state index in [1.165, 1.54) is 0 Å². The zero-order valence-corrected chi connectivity index (χ0v) is 18.0. The molecule has 2 aromatic heterocycles. The highest BCUT2D eigenvalue weighted by Crippen LogP contribution is 2.22. The predicted octanol–water partition coefficient (Wildman–Crippen LogP) is 1.71. The molecule has 1 saturated heterocycles. The number of benzene rings is 1. The molecule has 1 aliphatic heterocycles. The van der Waals surface area contributed by atoms with Gasteiger partial charge >= 0.3 is 5.69 Å². The SMILES string of the molecule is CCCN1CCN(C(=O)c2n[nH]c(=O)[nH]2)C[C@@H](Cc2ccc(-c3cccnc3)cc2)C1=O. The van der Waals surface area contributed by atoms with Crippen molar-refractivity contribution in [1.29, 1.82) is 0 Å². The Morgan fingerprint density at radius 2 is 1.94 bits per heavy atom. The molecule has 0 aliphatic carbocycles. The van der Waals surface area contributed by atoms with Crippen molar-refractivity contribution in [3.05, 3.63) is 70.7 Å². The molecule has 9 heteroatoms. The van der Waals surface area contributed by atoms with Gasteiger partial charge in [0, 0.05) is 38.6 Å². The van der Waals surface area contributed by atoms with Crippen LogP contribution < -0.4 is 5.69 Å². The highest BCUT2D eigenvalue weighted by atomic mass is 16.2. The minimum Gasteiger partial charge on any atom is -0.341 e. The summed E-state index contributed by atoms with van der Waals surface area (Å²) in [5.74, 6) is -0.741. The van der Waals surface area contributed by atoms with E-state index in [1.807, 2.05) is 54.4 Å². The van der Waals surface area contributed by atoms with Crippen molar-refractivity contribution >= 4 is 11.8 Å². The molecule has 9 nitrogen and oxygen atoms in total. The zero-order chi connectivity index (χ0) is 22.5. The van der Waals surface area contributed by atoms with Crippen LogP contribution in [0.4, 0.5) is 0 Å². The standard InChI is InChI=1S/C23H26N6O3/c1-2-10-28-11-12-29(22(31)20-25-23(32)27-26-20)15-19(21(28)30)13-16-5-7-17(8-6-16)18-4-3-9-24-14-18/h3-9,14,19H,2,10-13,15H2,1H3,(H2,25,26,27,32)/t19-/m1/s1. The van der Waals surface area contributed by atoms with Crippen molar-refractivity contribution in [1.82, 2.24) is 30.0 Å². The van der Waals surface area contributed by atoms with Crippen LogP contribution in [0.2, 0.25) is 0 Å². The van der Waals surface area contributed by atoms with E-state index in [1.54, 1.807) is 11.1 Å². The number of hydrogen-bond donors (Lipinski definition) is 2. The van der Waals surface area contributed by atoms with Crippen LogP contribution in [0.1, 0.15) is 29.5 Å². The van der Waals surface area contributed by atoms with Gasteiger partial charge in [0.15, 0.2) is 0 Å². The van der Waals surface area contributed by atoms with Gasteiger partial charge in [0.1, 0.15) is 0 Å². The average Bonchev–Trinajstić information content (AvgIpc) is 3.20. The maximum absolute atomic E-state index is 13.2. The van der Waals surface area contributed by atoms with Crippen LogP contribution in [0.5, 0.6) is 0 Å². The second-order valence-corrected chi connectivity index (χ2v) is 7.94. The van der Waals surface area contributed by atoms with Gasteiger partial charge in [0.2, 0.25) is 11.7 Å². The summed E-state index contributed by atoms with van der Waals surface area (Å²) < 4.78 is 0. The summed E-state index contributed by atoms with van der Waals surface area (Å²) in [5.41, 5.74) is 2.58. The smallest absolute Gasteiger partial charge is 0.341 e. The van der Waals surface area contributed by atoms with Crippen molar-refractivity contribution in [2.75, 3.05) is 26.2 Å². The Kier molecular flexibility index (Phi) is 6.44. The summed E-state index contributed by atoms with van der Waals surface area (Å²) in [6.07, 6.45) is 4.92. The fourth-order valence-electron chi connectivity index (χ4n) is 4.05. The minimum absolute atomic E-state index is 0.0361. The summed E-state index contributed by atoms with van der Waals surface area (Å²) >= 11 is 0. The Labute approximate surface area is 185 Å². The van der Waals surface area contributed by atoms with Crippen LogP contribution in [-0.4, -0.2) is 68.0 Å². The van der Waals surface area contributed by atoms with Gasteiger partial charge in [-0.3, -0.25) is 19.6 Å². The van der Waals surface area contributed by atoms with Crippen LogP contribution in [0, 0.1) is 5.92 Å². The lowest BCUT2D eigenvalue weighted by atomic mass is 9.96. The number of pyridine rings is 1. The number of carbonyl (C=O) groups excluding carboxylic acids is 2. The molecule has 0 spiro atoms. The topological polar surface area (TPSA) is 115 Å². The van der Waals surface area contributed by atoms with Crippen LogP contribution in [0.15, 0.2) is 53.6 Å². The number of nitrogens with zero attached hydrogens (tertiary/aromatic N) is 4. The first kappa shape index (κ1) is 21.5. The van der Waals surface area contributed by atoms with E-state index in [0.717, 1.165) is 23.1 Å². The molecule has 0 unspecified atom stereocenters. The lowest BCUT2D eigenvalue weighted by Crippen LogP contribution is -2.38. The maximum atomic E-state index is 13.2. The molecule has 0 saturated carbocycles. The molecule has 166 valence electrons. The molecular formula is C23H26N6O3. The number of aromatic nitrogens is 4. The number of amides is 2. The molecule has 1 atom stereocenters. The minimum atomic E-state index is -0.530. The summed E-state index contributed by atoms with van der Waals surface area (Å²) in [7, 11) is 0. The fraction of sp³-hybridized carbons (Fsp3) is 0.348. The van der Waals surface area contributed by atoms with Crippen molar-refractivity contribution in [3.8, 4) is 11.1 Å². The second-order valence-electron chi connectivity index (χ2n) is 7.94. The molecule has 2 N–H and O–H groups in total. The fourth-order valence-corrected chi connectivity index (χ4v) is 4.05. The second kappa shape index (κ2) is 9.59. The summed E-state index contributed by atoms with van der Waals surface area (Å²) in [6.45, 7) is 3.81. The third-order valence-corrected chi connectivity index (χ3v) is 5.66. The molecule has 1 aromatic carbocycles. The quantitative estimate of drug-likeness (QED) is 0.613. The molecule has 32 heavy (non-hydrogen) atoms. The van der Waals surface area contributed by atoms with E-state index in [4.69, 9.17) is 0 Å². The van der Waals surface area contributed by atoms with Gasteiger partial charge in [-0.05, 0) is 35.6 Å². The van der Waals surface area contributed by atoms with Crippen LogP contribution in [-0.2, 0) is 11.2 Å². The maximum Gasteiger partial charge on any atom is 0.341 e. The van der Waals surface area contributed by atoms with Crippen molar-refractivity contribution in [3.63, 3.8) is 0 Å². The van der Waals surface area contributed by atoms with E-state index in [2.05, 4.69) is 20.2 Å². The number of nitrogens with one attached hydrogen (secondary N) is 2. The third kappa shape index (κ3) is 4.77. The average molecular weight is 435 g/mol. The van der Waals surface area contributed by atoms with E-state index in [-0.39, 0.29) is 30.1 Å². The number of hydrogen-bond acceptors (Lipinski definition) is 5. The Hall–Kier alpha value is -3.75. The van der Waals surface area contributed by atoms with E-state index in [9.17, 15) is 14.4 Å². The first-order valence-corrected chi connectivity index (χ1v) is 10.8. The molecular weight excluding hydrogens is 408 g/mol. The molecule has 4 rings (SSSR count). The highest BCUT2D eigenvalue weighted by molar-refractivity contribution is 5.91. The molecule has 2 amide bonds. The first-order valence-electron chi connectivity index (χ1n) is 10.8. The van der Waals surface area contributed by atoms with Crippen LogP contribution >= 0.6 is 0 Å². The largest absolute Gasteiger partial charge is 0.341 e. The van der Waals surface area contributed by atoms with Crippen molar-refractivity contribution in [2.45, 2.75) is 19.8 Å². The summed E-state index contributed by atoms with van der Waals surface area (Å²) in [6, 6.07) is 12.0. The van der Waals surface area contributed by atoms with Crippen LogP contribution in [0.3, 0.4) is 0 Å². The van der Waals surface area contributed by atoms with Gasteiger partial charge in [-0.1, -0.05) is 37.3 Å². The van der Waals surface area contributed by atoms with E-state index in [0.29, 0.717) is 26.1 Å². The monoisotopic (exact) mass is 434 g/mol. The summed E-state index contributed by atoms with van der Waals surface area (Å²) in [4.78, 5) is 47.5. The van der Waals surface area contributed by atoms with Gasteiger partial charge in [-0.25, -0.2) is 9.89 Å². The molecule has 1 aliphatic rings. The number of aromatic amines is 2. The van der Waals surface area contributed by atoms with Gasteiger partial charge in [-0.15, -0.1) is 5.10 Å². The Morgan fingerprint density at radius 1 is 1.12 bits per heavy atom. The molecule has 1 fully saturated rings. The molecule has 3 aromatic rings. The van der Waals surface area contributed by atoms with Gasteiger partial charge < -0.3 is 9.80 Å². The molecule has 0 bridgehead atoms. The zero-order valence-electron chi connectivity index (χ0n) is 18.0. The Bertz CT molecular complexity index is 1120. The van der Waals surface area contributed by atoms with E-state index < -0.39 is 5.69 Å².